The predicted octanol–water partition coefficient (Wildman–Crippen LogP) is 19.0. The lowest BCUT2D eigenvalue weighted by atomic mass is 10.0. The van der Waals surface area contributed by atoms with E-state index in [4.69, 9.17) is 14.2 Å². The minimum absolute atomic E-state index is 0.0787. The van der Waals surface area contributed by atoms with Crippen molar-refractivity contribution in [3.8, 4) is 0 Å². The molecular weight excluding hydrogens is 829 g/mol. The number of hydrogen-bond acceptors (Lipinski definition) is 6. The summed E-state index contributed by atoms with van der Waals surface area (Å²) in [5.74, 6) is -0.896. The molecule has 0 bridgehead atoms. The fraction of sp³-hybridized carbons (Fsp3) is 0.754. The van der Waals surface area contributed by atoms with Gasteiger partial charge in [0.15, 0.2) is 6.10 Å². The lowest BCUT2D eigenvalue weighted by Gasteiger charge is -2.18. The molecule has 0 aromatic carbocycles. The molecule has 386 valence electrons. The van der Waals surface area contributed by atoms with Gasteiger partial charge in [-0.15, -0.1) is 0 Å². The van der Waals surface area contributed by atoms with Gasteiger partial charge < -0.3 is 14.2 Å². The number of carbonyl (C=O) groups is 3. The van der Waals surface area contributed by atoms with Crippen LogP contribution < -0.4 is 0 Å². The third-order valence-corrected chi connectivity index (χ3v) is 12.2. The van der Waals surface area contributed by atoms with Crippen molar-refractivity contribution in [2.45, 2.75) is 284 Å². The molecule has 0 radical (unpaired) electrons. The zero-order valence-electron chi connectivity index (χ0n) is 44.2. The number of allylic oxidation sites excluding steroid dienone is 12. The van der Waals surface area contributed by atoms with Crippen molar-refractivity contribution in [2.24, 2.45) is 0 Å². The normalized spacial score (nSPS) is 12.6. The van der Waals surface area contributed by atoms with Gasteiger partial charge in [0.1, 0.15) is 13.2 Å². The van der Waals surface area contributed by atoms with Crippen molar-refractivity contribution < 1.29 is 28.6 Å². The molecule has 1 atom stereocenters. The molecule has 1 unspecified atom stereocenters. The molecule has 0 aromatic rings. The van der Waals surface area contributed by atoms with E-state index in [1.165, 1.54) is 128 Å². The number of carbonyl (C=O) groups excluding carboxylic acids is 3. The summed E-state index contributed by atoms with van der Waals surface area (Å²) in [4.78, 5) is 37.8. The molecule has 0 rings (SSSR count). The lowest BCUT2D eigenvalue weighted by Crippen LogP contribution is -2.30. The van der Waals surface area contributed by atoms with Crippen molar-refractivity contribution in [3.05, 3.63) is 72.9 Å². The summed E-state index contributed by atoms with van der Waals surface area (Å²) in [6.45, 7) is 6.43. The molecule has 0 spiro atoms. The summed E-state index contributed by atoms with van der Waals surface area (Å²) in [7, 11) is 0. The van der Waals surface area contributed by atoms with Gasteiger partial charge in [0, 0.05) is 19.3 Å². The SMILES string of the molecule is CC/C=C\C/C=C\C/C=C\C/C=C\CCCCCCCCCCCCCCCCCCC(=O)OCC(COC(=O)CCCCCCCC)OC(=O)CCCCCCC/C=C\C/C=C\CCCC. The van der Waals surface area contributed by atoms with Crippen LogP contribution in [0.1, 0.15) is 278 Å². The quantitative estimate of drug-likeness (QED) is 0.0262. The van der Waals surface area contributed by atoms with Crippen LogP contribution in [0, 0.1) is 0 Å². The highest BCUT2D eigenvalue weighted by Crippen LogP contribution is 2.16. The predicted molar refractivity (Wildman–Crippen MR) is 288 cm³/mol. The molecular formula is C61H106O6. The van der Waals surface area contributed by atoms with Crippen molar-refractivity contribution >= 4 is 17.9 Å². The van der Waals surface area contributed by atoms with Crippen molar-refractivity contribution in [1.82, 2.24) is 0 Å². The first kappa shape index (κ1) is 63.8. The average molecular weight is 936 g/mol. The van der Waals surface area contributed by atoms with Crippen LogP contribution >= 0.6 is 0 Å². The average Bonchev–Trinajstić information content (AvgIpc) is 3.33. The third-order valence-electron chi connectivity index (χ3n) is 12.2. The molecule has 0 saturated heterocycles. The summed E-state index contributed by atoms with van der Waals surface area (Å²) in [6, 6.07) is 0. The molecule has 0 aromatic heterocycles. The number of unbranched alkanes of at least 4 members (excludes halogenated alkanes) is 28. The molecule has 0 aliphatic heterocycles. The Labute approximate surface area is 414 Å². The van der Waals surface area contributed by atoms with Gasteiger partial charge in [-0.2, -0.15) is 0 Å². The lowest BCUT2D eigenvalue weighted by molar-refractivity contribution is -0.167. The van der Waals surface area contributed by atoms with Crippen LogP contribution in [0.5, 0.6) is 0 Å². The maximum atomic E-state index is 12.7. The van der Waals surface area contributed by atoms with Crippen LogP contribution in [0.3, 0.4) is 0 Å². The number of hydrogen-bond donors (Lipinski definition) is 0. The van der Waals surface area contributed by atoms with Gasteiger partial charge >= 0.3 is 17.9 Å². The summed E-state index contributed by atoms with van der Waals surface area (Å²) < 4.78 is 16.7. The first-order valence-corrected chi connectivity index (χ1v) is 28.4. The minimum atomic E-state index is -0.777. The molecule has 0 fully saturated rings. The molecule has 0 heterocycles. The largest absolute Gasteiger partial charge is 0.462 e. The first-order chi connectivity index (χ1) is 33.0. The maximum Gasteiger partial charge on any atom is 0.306 e. The Bertz CT molecular complexity index is 1260. The summed E-state index contributed by atoms with van der Waals surface area (Å²) in [6.07, 6.45) is 70.8. The smallest absolute Gasteiger partial charge is 0.306 e. The second kappa shape index (κ2) is 55.4. The van der Waals surface area contributed by atoms with Gasteiger partial charge in [-0.25, -0.2) is 0 Å². The second-order valence-corrected chi connectivity index (χ2v) is 18.8. The van der Waals surface area contributed by atoms with Crippen LogP contribution in [0.15, 0.2) is 72.9 Å². The molecule has 0 N–H and O–H groups in total. The highest BCUT2D eigenvalue weighted by molar-refractivity contribution is 5.71. The molecule has 0 aliphatic carbocycles. The molecule has 67 heavy (non-hydrogen) atoms. The molecule has 0 amide bonds. The Morgan fingerprint density at radius 3 is 0.955 bits per heavy atom. The van der Waals surface area contributed by atoms with E-state index in [-0.39, 0.29) is 31.1 Å². The van der Waals surface area contributed by atoms with Crippen molar-refractivity contribution in [2.75, 3.05) is 13.2 Å². The van der Waals surface area contributed by atoms with Gasteiger partial charge in [-0.05, 0) is 83.5 Å². The van der Waals surface area contributed by atoms with Gasteiger partial charge in [0.05, 0.1) is 0 Å². The Morgan fingerprint density at radius 2 is 0.597 bits per heavy atom. The Hall–Kier alpha value is -3.15. The first-order valence-electron chi connectivity index (χ1n) is 28.4. The maximum absolute atomic E-state index is 12.7. The van der Waals surface area contributed by atoms with Crippen molar-refractivity contribution in [3.63, 3.8) is 0 Å². The third kappa shape index (κ3) is 53.7. The highest BCUT2D eigenvalue weighted by Gasteiger charge is 2.19. The van der Waals surface area contributed by atoms with Gasteiger partial charge in [-0.3, -0.25) is 14.4 Å². The Kier molecular flexibility index (Phi) is 52.8. The Balaban J connectivity index is 4.03. The van der Waals surface area contributed by atoms with E-state index in [1.54, 1.807) is 0 Å². The van der Waals surface area contributed by atoms with Crippen LogP contribution in [0.4, 0.5) is 0 Å². The van der Waals surface area contributed by atoms with E-state index in [0.717, 1.165) is 109 Å². The fourth-order valence-electron chi connectivity index (χ4n) is 7.92. The monoisotopic (exact) mass is 935 g/mol. The van der Waals surface area contributed by atoms with E-state index in [0.29, 0.717) is 19.3 Å². The van der Waals surface area contributed by atoms with Crippen LogP contribution in [-0.2, 0) is 28.6 Å². The second-order valence-electron chi connectivity index (χ2n) is 18.8. The topological polar surface area (TPSA) is 78.9 Å². The van der Waals surface area contributed by atoms with Crippen molar-refractivity contribution in [1.29, 1.82) is 0 Å². The minimum Gasteiger partial charge on any atom is -0.462 e. The van der Waals surface area contributed by atoms with Crippen LogP contribution in [-0.4, -0.2) is 37.2 Å². The standard InChI is InChI=1S/C61H106O6/c1-4-7-10-13-16-18-20-22-24-25-26-27-28-29-30-31-32-33-34-35-36-37-38-40-41-43-45-48-51-54-60(63)66-57-58(56-65-59(62)53-50-47-15-12-9-6-3)67-61(64)55-52-49-46-44-42-39-23-21-19-17-14-11-8-5-2/h7,10,14,16-18,21-24,26-27,58H,4-6,8-9,11-13,15,19-20,25,28-57H2,1-3H3/b10-7-,17-14-,18-16-,23-21-,24-22-,27-26-. The van der Waals surface area contributed by atoms with E-state index in [9.17, 15) is 14.4 Å². The zero-order valence-corrected chi connectivity index (χ0v) is 44.2. The van der Waals surface area contributed by atoms with E-state index >= 15 is 0 Å². The van der Waals surface area contributed by atoms with E-state index in [1.807, 2.05) is 0 Å². The van der Waals surface area contributed by atoms with Crippen LogP contribution in [0.2, 0.25) is 0 Å². The fourth-order valence-corrected chi connectivity index (χ4v) is 7.92. The summed E-state index contributed by atoms with van der Waals surface area (Å²) in [5.41, 5.74) is 0. The number of ether oxygens (including phenoxy) is 3. The molecule has 6 nitrogen and oxygen atoms in total. The molecule has 0 aliphatic rings. The van der Waals surface area contributed by atoms with Crippen LogP contribution in [0.25, 0.3) is 0 Å². The number of esters is 3. The molecule has 0 saturated carbocycles. The molecule has 6 heteroatoms. The van der Waals surface area contributed by atoms with Gasteiger partial charge in [0.25, 0.3) is 0 Å². The Morgan fingerprint density at radius 1 is 0.313 bits per heavy atom. The summed E-state index contributed by atoms with van der Waals surface area (Å²) in [5, 5.41) is 0. The summed E-state index contributed by atoms with van der Waals surface area (Å²) >= 11 is 0. The number of rotatable bonds is 51. The van der Waals surface area contributed by atoms with Gasteiger partial charge in [0.2, 0.25) is 0 Å². The van der Waals surface area contributed by atoms with E-state index in [2.05, 4.69) is 93.7 Å². The van der Waals surface area contributed by atoms with Gasteiger partial charge in [-0.1, -0.05) is 248 Å². The van der Waals surface area contributed by atoms with E-state index < -0.39 is 6.10 Å². The zero-order chi connectivity index (χ0) is 48.6. The highest BCUT2D eigenvalue weighted by atomic mass is 16.6.